The third-order valence-corrected chi connectivity index (χ3v) is 6.13. The van der Waals surface area contributed by atoms with Crippen LogP contribution in [-0.4, -0.2) is 82.7 Å². The summed E-state index contributed by atoms with van der Waals surface area (Å²) in [5.74, 6) is 0.276. The molecule has 2 saturated heterocycles. The van der Waals surface area contributed by atoms with Crippen LogP contribution in [-0.2, 0) is 24.2 Å². The fourth-order valence-electron chi connectivity index (χ4n) is 4.48. The molecule has 1 aromatic rings. The van der Waals surface area contributed by atoms with Crippen LogP contribution in [0.1, 0.15) is 30.5 Å². The van der Waals surface area contributed by atoms with Gasteiger partial charge in [-0.15, -0.1) is 0 Å². The van der Waals surface area contributed by atoms with Crippen molar-refractivity contribution in [2.75, 3.05) is 46.3 Å². The lowest BCUT2D eigenvalue weighted by molar-refractivity contribution is -0.139. The smallest absolute Gasteiger partial charge is 0.267 e. The van der Waals surface area contributed by atoms with Crippen molar-refractivity contribution < 1.29 is 4.79 Å². The second-order valence-corrected chi connectivity index (χ2v) is 7.83. The van der Waals surface area contributed by atoms with Crippen molar-refractivity contribution in [1.29, 1.82) is 0 Å². The molecule has 1 unspecified atom stereocenters. The van der Waals surface area contributed by atoms with Gasteiger partial charge in [-0.3, -0.25) is 19.4 Å². The van der Waals surface area contributed by atoms with Gasteiger partial charge in [0.15, 0.2) is 0 Å². The Morgan fingerprint density at radius 3 is 2.65 bits per heavy atom. The number of likely N-dealkylation sites (tertiary alicyclic amines) is 1. The number of carbonyl (C=O) groups is 1. The van der Waals surface area contributed by atoms with E-state index < -0.39 is 0 Å². The maximum Gasteiger partial charge on any atom is 0.267 e. The zero-order chi connectivity index (χ0) is 18.1. The van der Waals surface area contributed by atoms with E-state index in [0.29, 0.717) is 6.54 Å². The first kappa shape index (κ1) is 17.7. The van der Waals surface area contributed by atoms with Gasteiger partial charge in [0.1, 0.15) is 0 Å². The van der Waals surface area contributed by atoms with Crippen LogP contribution in [0.15, 0.2) is 10.9 Å². The topological polar surface area (TPSA) is 61.7 Å². The average molecular weight is 359 g/mol. The second-order valence-electron chi connectivity index (χ2n) is 7.83. The molecule has 2 fully saturated rings. The molecule has 0 spiro atoms. The van der Waals surface area contributed by atoms with Crippen LogP contribution in [0.4, 0.5) is 0 Å². The molecule has 0 aromatic carbocycles. The Morgan fingerprint density at radius 1 is 1.04 bits per heavy atom. The summed E-state index contributed by atoms with van der Waals surface area (Å²) >= 11 is 0. The van der Waals surface area contributed by atoms with Crippen molar-refractivity contribution in [3.8, 4) is 0 Å². The highest BCUT2D eigenvalue weighted by molar-refractivity contribution is 5.82. The molecular formula is C19H29N5O2. The Kier molecular flexibility index (Phi) is 5.09. The van der Waals surface area contributed by atoms with Crippen molar-refractivity contribution in [3.63, 3.8) is 0 Å². The molecule has 0 radical (unpaired) electrons. The summed E-state index contributed by atoms with van der Waals surface area (Å²) in [6.07, 6.45) is 5.19. The number of likely N-dealkylation sites (N-methyl/N-ethyl adjacent to an activating group) is 1. The molecule has 1 aliphatic carbocycles. The Labute approximate surface area is 154 Å². The van der Waals surface area contributed by atoms with E-state index in [0.717, 1.165) is 82.6 Å². The first-order valence-corrected chi connectivity index (χ1v) is 9.93. The Hall–Kier alpha value is -1.73. The second kappa shape index (κ2) is 7.48. The fourth-order valence-corrected chi connectivity index (χ4v) is 4.48. The molecule has 1 aromatic heterocycles. The number of nitrogens with zero attached hydrogens (tertiary/aromatic N) is 5. The van der Waals surface area contributed by atoms with E-state index in [2.05, 4.69) is 14.9 Å². The highest BCUT2D eigenvalue weighted by Gasteiger charge is 2.33. The number of hydrogen-bond acceptors (Lipinski definition) is 5. The van der Waals surface area contributed by atoms with Gasteiger partial charge < -0.3 is 4.90 Å². The maximum absolute atomic E-state index is 12.4. The zero-order valence-electron chi connectivity index (χ0n) is 15.7. The highest BCUT2D eigenvalue weighted by atomic mass is 16.2. The van der Waals surface area contributed by atoms with Gasteiger partial charge in [0, 0.05) is 52.4 Å². The minimum atomic E-state index is 0.0279. The molecule has 0 bridgehead atoms. The fraction of sp³-hybridized carbons (Fsp3) is 0.737. The molecule has 3 aliphatic rings. The van der Waals surface area contributed by atoms with Crippen molar-refractivity contribution in [2.45, 2.75) is 44.7 Å². The van der Waals surface area contributed by atoms with E-state index in [-0.39, 0.29) is 17.5 Å². The van der Waals surface area contributed by atoms with Crippen LogP contribution >= 0.6 is 0 Å². The lowest BCUT2D eigenvalue weighted by atomic mass is 10.0. The van der Waals surface area contributed by atoms with Gasteiger partial charge in [-0.25, -0.2) is 4.68 Å². The molecule has 2 aliphatic heterocycles. The van der Waals surface area contributed by atoms with Gasteiger partial charge >= 0.3 is 0 Å². The Bertz CT molecular complexity index is 723. The number of rotatable bonds is 4. The molecular weight excluding hydrogens is 330 g/mol. The Morgan fingerprint density at radius 2 is 1.85 bits per heavy atom. The molecule has 3 heterocycles. The summed E-state index contributed by atoms with van der Waals surface area (Å²) in [7, 11) is 1.91. The van der Waals surface area contributed by atoms with Crippen LogP contribution in [0.25, 0.3) is 0 Å². The largest absolute Gasteiger partial charge is 0.344 e. The van der Waals surface area contributed by atoms with E-state index in [1.807, 2.05) is 11.9 Å². The molecule has 7 nitrogen and oxygen atoms in total. The van der Waals surface area contributed by atoms with Crippen LogP contribution in [0.5, 0.6) is 0 Å². The summed E-state index contributed by atoms with van der Waals surface area (Å²) in [6, 6.07) is 1.84. The van der Waals surface area contributed by atoms with E-state index in [9.17, 15) is 9.59 Å². The van der Waals surface area contributed by atoms with Gasteiger partial charge in [-0.2, -0.15) is 5.10 Å². The number of aryl methyl sites for hydroxylation is 2. The van der Waals surface area contributed by atoms with Crippen molar-refractivity contribution >= 4 is 5.91 Å². The van der Waals surface area contributed by atoms with E-state index in [1.54, 1.807) is 10.7 Å². The highest BCUT2D eigenvalue weighted by Crippen LogP contribution is 2.18. The first-order valence-electron chi connectivity index (χ1n) is 9.93. The lowest BCUT2D eigenvalue weighted by Crippen LogP contribution is -2.57. The molecule has 1 amide bonds. The molecule has 7 heteroatoms. The number of hydrogen-bond donors (Lipinski definition) is 0. The predicted octanol–water partition coefficient (Wildman–Crippen LogP) is -0.0296. The maximum atomic E-state index is 12.4. The number of carbonyl (C=O) groups excluding carboxylic acids is 1. The molecule has 0 N–H and O–H groups in total. The van der Waals surface area contributed by atoms with E-state index in [1.165, 1.54) is 0 Å². The Balaban J connectivity index is 1.29. The summed E-state index contributed by atoms with van der Waals surface area (Å²) in [4.78, 5) is 31.2. The first-order chi connectivity index (χ1) is 12.6. The van der Waals surface area contributed by atoms with E-state index in [4.69, 9.17) is 0 Å². The van der Waals surface area contributed by atoms with Crippen LogP contribution in [0.2, 0.25) is 0 Å². The van der Waals surface area contributed by atoms with Gasteiger partial charge in [0.2, 0.25) is 5.91 Å². The molecule has 1 atom stereocenters. The molecule has 26 heavy (non-hydrogen) atoms. The molecule has 142 valence electrons. The normalized spacial score (nSPS) is 24.9. The predicted molar refractivity (Wildman–Crippen MR) is 99.2 cm³/mol. The third kappa shape index (κ3) is 3.55. The number of fused-ring (bicyclic) bond motifs is 1. The van der Waals surface area contributed by atoms with Crippen LogP contribution < -0.4 is 5.56 Å². The number of amides is 1. The standard InChI is InChI=1S/C19H29N5O2/c1-21-7-3-6-17(19(21)26)23-11-8-22(9-12-23)10-13-24-18(25)14-15-4-2-5-16(15)20-24/h14,17H,2-13H2,1H3. The van der Waals surface area contributed by atoms with E-state index >= 15 is 0 Å². The van der Waals surface area contributed by atoms with Crippen molar-refractivity contribution in [2.24, 2.45) is 0 Å². The van der Waals surface area contributed by atoms with Gasteiger partial charge in [-0.05, 0) is 37.7 Å². The summed E-state index contributed by atoms with van der Waals surface area (Å²) in [6.45, 7) is 6.14. The number of piperidine rings is 1. The van der Waals surface area contributed by atoms with Gasteiger partial charge in [0.25, 0.3) is 5.56 Å². The van der Waals surface area contributed by atoms with Gasteiger partial charge in [-0.1, -0.05) is 0 Å². The molecule has 0 saturated carbocycles. The number of aromatic nitrogens is 2. The summed E-state index contributed by atoms with van der Waals surface area (Å²) in [5, 5.41) is 4.56. The van der Waals surface area contributed by atoms with Crippen molar-refractivity contribution in [1.82, 2.24) is 24.5 Å². The summed E-state index contributed by atoms with van der Waals surface area (Å²) < 4.78 is 1.64. The molecule has 4 rings (SSSR count). The number of piperazine rings is 1. The monoisotopic (exact) mass is 359 g/mol. The SMILES string of the molecule is CN1CCCC(N2CCN(CCn3nc4c(cc3=O)CCC4)CC2)C1=O. The quantitative estimate of drug-likeness (QED) is 0.756. The van der Waals surface area contributed by atoms with Crippen LogP contribution in [0, 0.1) is 0 Å². The third-order valence-electron chi connectivity index (χ3n) is 6.13. The minimum Gasteiger partial charge on any atom is -0.344 e. The van der Waals surface area contributed by atoms with Crippen LogP contribution in [0.3, 0.4) is 0 Å². The lowest BCUT2D eigenvalue weighted by Gasteiger charge is -2.41. The van der Waals surface area contributed by atoms with Gasteiger partial charge in [0.05, 0.1) is 18.3 Å². The van der Waals surface area contributed by atoms with Crippen molar-refractivity contribution in [3.05, 3.63) is 27.7 Å². The average Bonchev–Trinajstić information content (AvgIpc) is 3.09. The zero-order valence-corrected chi connectivity index (χ0v) is 15.7. The summed E-state index contributed by atoms with van der Waals surface area (Å²) in [5.41, 5.74) is 2.27. The minimum absolute atomic E-state index is 0.0279.